The highest BCUT2D eigenvalue weighted by atomic mass is 79.9. The third kappa shape index (κ3) is 3.44. The molecule has 126 valence electrons. The van der Waals surface area contributed by atoms with Crippen molar-refractivity contribution in [2.24, 2.45) is 5.92 Å². The number of rotatable bonds is 2. The van der Waals surface area contributed by atoms with Crippen molar-refractivity contribution in [3.8, 4) is 11.1 Å². The Morgan fingerprint density at radius 2 is 1.67 bits per heavy atom. The van der Waals surface area contributed by atoms with Gasteiger partial charge in [-0.05, 0) is 68.1 Å². The van der Waals surface area contributed by atoms with E-state index in [4.69, 9.17) is 0 Å². The normalized spacial score (nSPS) is 14.2. The van der Waals surface area contributed by atoms with E-state index in [1.165, 1.54) is 33.6 Å². The highest BCUT2D eigenvalue weighted by molar-refractivity contribution is 9.10. The molecule has 1 aliphatic heterocycles. The molecule has 0 spiro atoms. The Bertz CT molecular complexity index is 777. The number of halogens is 1. The lowest BCUT2D eigenvalue weighted by Gasteiger charge is -2.24. The van der Waals surface area contributed by atoms with Crippen molar-refractivity contribution in [1.82, 2.24) is 0 Å². The minimum absolute atomic E-state index is 0.191. The quantitative estimate of drug-likeness (QED) is 0.592. The molecule has 1 nitrogen and oxygen atoms in total. The first-order valence-corrected chi connectivity index (χ1v) is 9.45. The van der Waals surface area contributed by atoms with Crippen molar-refractivity contribution in [2.75, 3.05) is 5.32 Å². The summed E-state index contributed by atoms with van der Waals surface area (Å²) >= 11 is 3.76. The van der Waals surface area contributed by atoms with E-state index in [2.05, 4.69) is 98.3 Å². The van der Waals surface area contributed by atoms with Gasteiger partial charge in [-0.25, -0.2) is 0 Å². The van der Waals surface area contributed by atoms with E-state index < -0.39 is 0 Å². The summed E-state index contributed by atoms with van der Waals surface area (Å²) in [5.74, 6) is 0.523. The number of benzene rings is 2. The molecule has 1 aliphatic rings. The number of fused-ring (bicyclic) bond motifs is 1. The van der Waals surface area contributed by atoms with Crippen LogP contribution in [0.25, 0.3) is 11.1 Å². The van der Waals surface area contributed by atoms with Crippen molar-refractivity contribution in [3.05, 3.63) is 63.8 Å². The van der Waals surface area contributed by atoms with Crippen LogP contribution in [0.1, 0.15) is 45.7 Å². The zero-order valence-corrected chi connectivity index (χ0v) is 16.8. The summed E-state index contributed by atoms with van der Waals surface area (Å²) in [6, 6.07) is 13.5. The first-order chi connectivity index (χ1) is 11.3. The Balaban J connectivity index is 1.95. The number of hydrogen-bond donors (Lipinski definition) is 1. The number of allylic oxidation sites excluding steroid dienone is 2. The van der Waals surface area contributed by atoms with Gasteiger partial charge in [0.15, 0.2) is 0 Å². The van der Waals surface area contributed by atoms with Gasteiger partial charge >= 0.3 is 0 Å². The van der Waals surface area contributed by atoms with Gasteiger partial charge in [0.1, 0.15) is 0 Å². The molecular formula is C22H26BrN. The van der Waals surface area contributed by atoms with Gasteiger partial charge in [-0.15, -0.1) is 0 Å². The molecule has 1 N–H and O–H groups in total. The standard InChI is InChI=1S/C22H26BrN/c1-14(2)20-11-8-16-12-17(13-19(23)21(16)24-20)15-6-9-18(10-7-15)22(3,4)5/h6-7,9-14,24H,8H2,1-5H3. The van der Waals surface area contributed by atoms with Gasteiger partial charge in [0.05, 0.1) is 5.69 Å². The zero-order chi connectivity index (χ0) is 17.5. The molecule has 0 amide bonds. The molecule has 24 heavy (non-hydrogen) atoms. The van der Waals surface area contributed by atoms with Crippen LogP contribution < -0.4 is 5.32 Å². The Morgan fingerprint density at radius 1 is 1.00 bits per heavy atom. The van der Waals surface area contributed by atoms with E-state index in [1.54, 1.807) is 0 Å². The van der Waals surface area contributed by atoms with Crippen molar-refractivity contribution >= 4 is 21.6 Å². The van der Waals surface area contributed by atoms with Crippen LogP contribution in [0.5, 0.6) is 0 Å². The molecule has 0 atom stereocenters. The minimum atomic E-state index is 0.191. The van der Waals surface area contributed by atoms with Gasteiger partial charge in [0.2, 0.25) is 0 Å². The Hall–Kier alpha value is -1.54. The van der Waals surface area contributed by atoms with Gasteiger partial charge in [-0.3, -0.25) is 0 Å². The summed E-state index contributed by atoms with van der Waals surface area (Å²) in [6.07, 6.45) is 3.30. The minimum Gasteiger partial charge on any atom is -0.358 e. The van der Waals surface area contributed by atoms with E-state index in [0.717, 1.165) is 10.9 Å². The fourth-order valence-corrected chi connectivity index (χ4v) is 3.69. The zero-order valence-electron chi connectivity index (χ0n) is 15.2. The fraction of sp³-hybridized carbons (Fsp3) is 0.364. The van der Waals surface area contributed by atoms with Crippen molar-refractivity contribution < 1.29 is 0 Å². The van der Waals surface area contributed by atoms with Crippen LogP contribution >= 0.6 is 15.9 Å². The van der Waals surface area contributed by atoms with Crippen LogP contribution in [0.3, 0.4) is 0 Å². The maximum Gasteiger partial charge on any atom is 0.0562 e. The third-order valence-electron chi connectivity index (χ3n) is 4.69. The predicted octanol–water partition coefficient (Wildman–Crippen LogP) is 6.92. The monoisotopic (exact) mass is 383 g/mol. The number of hydrogen-bond acceptors (Lipinski definition) is 1. The second-order valence-corrected chi connectivity index (χ2v) is 8.82. The molecule has 0 bridgehead atoms. The molecule has 2 heteroatoms. The summed E-state index contributed by atoms with van der Waals surface area (Å²) in [6.45, 7) is 11.2. The Kier molecular flexibility index (Phi) is 4.61. The molecule has 1 heterocycles. The summed E-state index contributed by atoms with van der Waals surface area (Å²) in [5.41, 5.74) is 7.98. The van der Waals surface area contributed by atoms with Crippen LogP contribution in [0.4, 0.5) is 5.69 Å². The fourth-order valence-electron chi connectivity index (χ4n) is 3.09. The number of anilines is 1. The van der Waals surface area contributed by atoms with Crippen LogP contribution in [-0.2, 0) is 11.8 Å². The van der Waals surface area contributed by atoms with Crippen LogP contribution in [0, 0.1) is 5.92 Å². The molecule has 0 fully saturated rings. The summed E-state index contributed by atoms with van der Waals surface area (Å²) in [7, 11) is 0. The van der Waals surface area contributed by atoms with Gasteiger partial charge in [0.25, 0.3) is 0 Å². The van der Waals surface area contributed by atoms with E-state index >= 15 is 0 Å². The lowest BCUT2D eigenvalue weighted by atomic mass is 9.86. The van der Waals surface area contributed by atoms with E-state index in [1.807, 2.05) is 0 Å². The average molecular weight is 384 g/mol. The SMILES string of the molecule is CC(C)C1=CCc2cc(-c3ccc(C(C)(C)C)cc3)cc(Br)c2N1. The molecule has 3 rings (SSSR count). The molecule has 0 saturated heterocycles. The van der Waals surface area contributed by atoms with Crippen molar-refractivity contribution in [2.45, 2.75) is 46.5 Å². The van der Waals surface area contributed by atoms with Crippen LogP contribution in [-0.4, -0.2) is 0 Å². The molecule has 0 aromatic heterocycles. The first-order valence-electron chi connectivity index (χ1n) is 8.66. The molecule has 2 aromatic rings. The molecule has 0 saturated carbocycles. The second kappa shape index (κ2) is 6.40. The average Bonchev–Trinajstić information content (AvgIpc) is 2.53. The maximum absolute atomic E-state index is 3.76. The van der Waals surface area contributed by atoms with E-state index in [-0.39, 0.29) is 5.41 Å². The molecule has 2 aromatic carbocycles. The van der Waals surface area contributed by atoms with Gasteiger partial charge in [-0.1, -0.05) is 65.0 Å². The highest BCUT2D eigenvalue weighted by Crippen LogP contribution is 2.37. The maximum atomic E-state index is 3.76. The second-order valence-electron chi connectivity index (χ2n) is 7.96. The smallest absolute Gasteiger partial charge is 0.0562 e. The molecular weight excluding hydrogens is 358 g/mol. The van der Waals surface area contributed by atoms with Gasteiger partial charge in [-0.2, -0.15) is 0 Å². The molecule has 0 unspecified atom stereocenters. The topological polar surface area (TPSA) is 12.0 Å². The van der Waals surface area contributed by atoms with E-state index in [9.17, 15) is 0 Å². The Morgan fingerprint density at radius 3 is 2.25 bits per heavy atom. The van der Waals surface area contributed by atoms with Crippen LogP contribution in [0.15, 0.2) is 52.6 Å². The highest BCUT2D eigenvalue weighted by Gasteiger charge is 2.17. The lowest BCUT2D eigenvalue weighted by molar-refractivity contribution is 0.590. The largest absolute Gasteiger partial charge is 0.358 e. The summed E-state index contributed by atoms with van der Waals surface area (Å²) in [5, 5.41) is 3.59. The van der Waals surface area contributed by atoms with Crippen molar-refractivity contribution in [3.63, 3.8) is 0 Å². The summed E-state index contributed by atoms with van der Waals surface area (Å²) < 4.78 is 1.14. The number of nitrogens with one attached hydrogen (secondary N) is 1. The van der Waals surface area contributed by atoms with E-state index in [0.29, 0.717) is 5.92 Å². The van der Waals surface area contributed by atoms with Gasteiger partial charge < -0.3 is 5.32 Å². The Labute approximate surface area is 154 Å². The first kappa shape index (κ1) is 17.3. The molecule has 0 aliphatic carbocycles. The van der Waals surface area contributed by atoms with Gasteiger partial charge in [0, 0.05) is 10.2 Å². The predicted molar refractivity (Wildman–Crippen MR) is 109 cm³/mol. The summed E-state index contributed by atoms with van der Waals surface area (Å²) in [4.78, 5) is 0. The van der Waals surface area contributed by atoms with Crippen LogP contribution in [0.2, 0.25) is 0 Å². The molecule has 0 radical (unpaired) electrons. The lowest BCUT2D eigenvalue weighted by Crippen LogP contribution is -2.13. The third-order valence-corrected chi connectivity index (χ3v) is 5.31. The van der Waals surface area contributed by atoms with Crippen molar-refractivity contribution in [1.29, 1.82) is 0 Å².